The predicted octanol–water partition coefficient (Wildman–Crippen LogP) is 2.06. The number of hydrogen-bond donors (Lipinski definition) is 2. The predicted molar refractivity (Wildman–Crippen MR) is 62.3 cm³/mol. The van der Waals surface area contributed by atoms with Gasteiger partial charge in [-0.1, -0.05) is 24.3 Å². The van der Waals surface area contributed by atoms with E-state index in [1.807, 2.05) is 24.3 Å². The molecule has 0 heterocycles. The van der Waals surface area contributed by atoms with Gasteiger partial charge in [-0.15, -0.1) is 0 Å². The number of alkyl halides is 3. The number of benzene rings is 1. The van der Waals surface area contributed by atoms with E-state index in [1.54, 1.807) is 0 Å². The van der Waals surface area contributed by atoms with Gasteiger partial charge in [0.2, 0.25) is 0 Å². The first-order valence-corrected chi connectivity index (χ1v) is 5.94. The summed E-state index contributed by atoms with van der Waals surface area (Å²) in [5.74, 6) is 0. The maximum atomic E-state index is 12.3. The van der Waals surface area contributed by atoms with Crippen LogP contribution >= 0.6 is 0 Å². The second-order valence-corrected chi connectivity index (χ2v) is 4.85. The van der Waals surface area contributed by atoms with E-state index in [9.17, 15) is 18.3 Å². The van der Waals surface area contributed by atoms with Crippen molar-refractivity contribution < 1.29 is 18.3 Å². The zero-order valence-electron chi connectivity index (χ0n) is 9.93. The summed E-state index contributed by atoms with van der Waals surface area (Å²) in [6.07, 6.45) is -2.59. The van der Waals surface area contributed by atoms with Gasteiger partial charge in [0.15, 0.2) is 0 Å². The molecule has 2 rings (SSSR count). The van der Waals surface area contributed by atoms with Crippen LogP contribution in [0.15, 0.2) is 24.3 Å². The van der Waals surface area contributed by atoms with Gasteiger partial charge in [-0.05, 0) is 30.4 Å². The molecule has 5 heteroatoms. The van der Waals surface area contributed by atoms with Crippen LogP contribution in [-0.2, 0) is 12.8 Å². The number of fused-ring (bicyclic) bond motifs is 1. The Kier molecular flexibility index (Phi) is 3.64. The summed E-state index contributed by atoms with van der Waals surface area (Å²) in [6.45, 7) is -1.34. The van der Waals surface area contributed by atoms with E-state index in [0.717, 1.165) is 11.1 Å². The van der Waals surface area contributed by atoms with Crippen LogP contribution < -0.4 is 5.32 Å². The Morgan fingerprint density at radius 1 is 1.22 bits per heavy atom. The quantitative estimate of drug-likeness (QED) is 0.871. The van der Waals surface area contributed by atoms with Gasteiger partial charge in [0.25, 0.3) is 0 Å². The molecular formula is C13H16F3NO. The molecule has 0 saturated carbocycles. The van der Waals surface area contributed by atoms with Crippen LogP contribution in [0.1, 0.15) is 17.5 Å². The van der Waals surface area contributed by atoms with Crippen molar-refractivity contribution in [3.8, 4) is 0 Å². The molecule has 0 amide bonds. The van der Waals surface area contributed by atoms with Gasteiger partial charge >= 0.3 is 6.18 Å². The fourth-order valence-corrected chi connectivity index (χ4v) is 2.43. The Bertz CT molecular complexity index is 419. The van der Waals surface area contributed by atoms with Crippen LogP contribution in [0.4, 0.5) is 13.2 Å². The van der Waals surface area contributed by atoms with E-state index < -0.39 is 18.3 Å². The number of hydrogen-bond acceptors (Lipinski definition) is 2. The van der Waals surface area contributed by atoms with Crippen molar-refractivity contribution in [3.63, 3.8) is 0 Å². The maximum Gasteiger partial charge on any atom is 0.401 e. The minimum absolute atomic E-state index is 0.280. The van der Waals surface area contributed by atoms with Gasteiger partial charge in [-0.3, -0.25) is 0 Å². The lowest BCUT2D eigenvalue weighted by Crippen LogP contribution is -2.55. The van der Waals surface area contributed by atoms with Gasteiger partial charge in [0.05, 0.1) is 13.2 Å². The van der Waals surface area contributed by atoms with Crippen molar-refractivity contribution in [2.75, 3.05) is 13.2 Å². The Balaban J connectivity index is 2.11. The SMILES string of the molecule is OCC1(NCC(F)(F)F)CCc2ccccc2C1. The molecule has 0 saturated heterocycles. The topological polar surface area (TPSA) is 32.3 Å². The average molecular weight is 259 g/mol. The van der Waals surface area contributed by atoms with Crippen LogP contribution in [0.25, 0.3) is 0 Å². The molecule has 18 heavy (non-hydrogen) atoms. The molecule has 0 aromatic heterocycles. The summed E-state index contributed by atoms with van der Waals surface area (Å²) < 4.78 is 36.8. The van der Waals surface area contributed by atoms with Crippen LogP contribution in [0.3, 0.4) is 0 Å². The zero-order valence-corrected chi connectivity index (χ0v) is 9.93. The summed E-state index contributed by atoms with van der Waals surface area (Å²) >= 11 is 0. The van der Waals surface area contributed by atoms with Gasteiger partial charge < -0.3 is 10.4 Å². The van der Waals surface area contributed by atoms with Crippen LogP contribution in [0, 0.1) is 0 Å². The minimum atomic E-state index is -4.25. The summed E-state index contributed by atoms with van der Waals surface area (Å²) in [5, 5.41) is 11.9. The molecule has 2 N–H and O–H groups in total. The number of nitrogens with one attached hydrogen (secondary N) is 1. The fourth-order valence-electron chi connectivity index (χ4n) is 2.43. The molecule has 2 nitrogen and oxygen atoms in total. The van der Waals surface area contributed by atoms with Crippen molar-refractivity contribution in [2.45, 2.75) is 31.0 Å². The van der Waals surface area contributed by atoms with E-state index in [4.69, 9.17) is 0 Å². The molecule has 1 aromatic rings. The zero-order chi connectivity index (χ0) is 13.2. The van der Waals surface area contributed by atoms with Gasteiger partial charge in [0, 0.05) is 5.54 Å². The maximum absolute atomic E-state index is 12.3. The lowest BCUT2D eigenvalue weighted by atomic mass is 9.78. The lowest BCUT2D eigenvalue weighted by Gasteiger charge is -2.38. The second kappa shape index (κ2) is 4.90. The first-order chi connectivity index (χ1) is 8.44. The number of aliphatic hydroxyl groups is 1. The van der Waals surface area contributed by atoms with Crippen molar-refractivity contribution in [1.29, 1.82) is 0 Å². The lowest BCUT2D eigenvalue weighted by molar-refractivity contribution is -0.130. The van der Waals surface area contributed by atoms with Gasteiger partial charge in [0.1, 0.15) is 0 Å². The molecule has 0 aliphatic heterocycles. The van der Waals surface area contributed by atoms with E-state index in [0.29, 0.717) is 19.3 Å². The van der Waals surface area contributed by atoms with Crippen molar-refractivity contribution in [1.82, 2.24) is 5.32 Å². The summed E-state index contributed by atoms with van der Waals surface area (Å²) in [5.41, 5.74) is 1.34. The molecule has 0 bridgehead atoms. The van der Waals surface area contributed by atoms with E-state index in [-0.39, 0.29) is 6.61 Å². The average Bonchev–Trinajstić information content (AvgIpc) is 2.35. The number of aliphatic hydroxyl groups excluding tert-OH is 1. The van der Waals surface area contributed by atoms with E-state index in [1.165, 1.54) is 0 Å². The molecule has 0 fully saturated rings. The standard InChI is InChI=1S/C13H16F3NO/c14-13(15,16)8-17-12(9-18)6-5-10-3-1-2-4-11(10)7-12/h1-4,17-18H,5-9H2. The number of aryl methyl sites for hydroxylation is 1. The molecule has 0 radical (unpaired) electrons. The fraction of sp³-hybridized carbons (Fsp3) is 0.538. The molecule has 100 valence electrons. The summed E-state index contributed by atoms with van der Waals surface area (Å²) in [4.78, 5) is 0. The van der Waals surface area contributed by atoms with E-state index >= 15 is 0 Å². The highest BCUT2D eigenvalue weighted by molar-refractivity contribution is 5.32. The molecular weight excluding hydrogens is 243 g/mol. The minimum Gasteiger partial charge on any atom is -0.394 e. The second-order valence-electron chi connectivity index (χ2n) is 4.85. The van der Waals surface area contributed by atoms with Gasteiger partial charge in [-0.2, -0.15) is 13.2 Å². The van der Waals surface area contributed by atoms with Crippen molar-refractivity contribution in [2.24, 2.45) is 0 Å². The highest BCUT2D eigenvalue weighted by atomic mass is 19.4. The smallest absolute Gasteiger partial charge is 0.394 e. The summed E-state index contributed by atoms with van der Waals surface area (Å²) in [6, 6.07) is 7.69. The number of rotatable bonds is 3. The highest BCUT2D eigenvalue weighted by Crippen LogP contribution is 2.29. The third kappa shape index (κ3) is 3.03. The molecule has 0 spiro atoms. The van der Waals surface area contributed by atoms with Crippen LogP contribution in [0.2, 0.25) is 0 Å². The van der Waals surface area contributed by atoms with Gasteiger partial charge in [-0.25, -0.2) is 0 Å². The summed E-state index contributed by atoms with van der Waals surface area (Å²) in [7, 11) is 0. The highest BCUT2D eigenvalue weighted by Gasteiger charge is 2.37. The molecule has 1 aliphatic rings. The molecule has 1 unspecified atom stereocenters. The Labute approximate surface area is 104 Å². The largest absolute Gasteiger partial charge is 0.401 e. The number of halogens is 3. The Morgan fingerprint density at radius 2 is 1.89 bits per heavy atom. The van der Waals surface area contributed by atoms with Crippen LogP contribution in [-0.4, -0.2) is 30.0 Å². The normalized spacial score (nSPS) is 23.8. The third-order valence-electron chi connectivity index (χ3n) is 3.49. The third-order valence-corrected chi connectivity index (χ3v) is 3.49. The van der Waals surface area contributed by atoms with Crippen molar-refractivity contribution in [3.05, 3.63) is 35.4 Å². The van der Waals surface area contributed by atoms with Crippen molar-refractivity contribution >= 4 is 0 Å². The Morgan fingerprint density at radius 3 is 2.50 bits per heavy atom. The first-order valence-electron chi connectivity index (χ1n) is 5.94. The van der Waals surface area contributed by atoms with Crippen LogP contribution in [0.5, 0.6) is 0 Å². The molecule has 1 aliphatic carbocycles. The first kappa shape index (κ1) is 13.4. The van der Waals surface area contributed by atoms with E-state index in [2.05, 4.69) is 5.32 Å². The Hall–Kier alpha value is -1.07. The molecule has 1 aromatic carbocycles. The molecule has 1 atom stereocenters. The monoisotopic (exact) mass is 259 g/mol.